The minimum atomic E-state index is -0.397. The van der Waals surface area contributed by atoms with Crippen molar-refractivity contribution >= 4 is 45.3 Å². The highest BCUT2D eigenvalue weighted by molar-refractivity contribution is 9.10. The number of anilines is 1. The molecule has 0 bridgehead atoms. The van der Waals surface area contributed by atoms with Gasteiger partial charge in [-0.25, -0.2) is 4.79 Å². The zero-order valence-electron chi connectivity index (χ0n) is 15.7. The van der Waals surface area contributed by atoms with Gasteiger partial charge in [-0.15, -0.1) is 10.2 Å². The molecule has 0 unspecified atom stereocenters. The molecule has 0 saturated carbocycles. The lowest BCUT2D eigenvalue weighted by atomic mass is 10.2. The molecule has 29 heavy (non-hydrogen) atoms. The van der Waals surface area contributed by atoms with Gasteiger partial charge in [0.15, 0.2) is 0 Å². The summed E-state index contributed by atoms with van der Waals surface area (Å²) in [6.45, 7) is 3.57. The maximum Gasteiger partial charge on any atom is 0.338 e. The molecule has 3 aromatic rings. The van der Waals surface area contributed by atoms with E-state index in [1.54, 1.807) is 38.1 Å². The van der Waals surface area contributed by atoms with Gasteiger partial charge in [-0.1, -0.05) is 33.8 Å². The highest BCUT2D eigenvalue weighted by Crippen LogP contribution is 2.25. The average Bonchev–Trinajstić information content (AvgIpc) is 3.15. The summed E-state index contributed by atoms with van der Waals surface area (Å²) in [6.07, 6.45) is -0.187. The number of carbonyl (C=O) groups excluding carboxylic acids is 2. The number of ether oxygens (including phenoxy) is 1. The molecule has 1 aromatic heterocycles. The number of amides is 1. The first-order chi connectivity index (χ1) is 13.9. The third-order valence-electron chi connectivity index (χ3n) is 3.55. The average molecular weight is 476 g/mol. The summed E-state index contributed by atoms with van der Waals surface area (Å²) >= 11 is 4.54. The third-order valence-corrected chi connectivity index (χ3v) is 4.86. The number of esters is 1. The largest absolute Gasteiger partial charge is 0.459 e. The highest BCUT2D eigenvalue weighted by atomic mass is 79.9. The van der Waals surface area contributed by atoms with E-state index in [1.807, 2.05) is 24.3 Å². The van der Waals surface area contributed by atoms with E-state index < -0.39 is 5.97 Å². The number of hydrogen-bond donors (Lipinski definition) is 1. The van der Waals surface area contributed by atoms with Gasteiger partial charge in [0.1, 0.15) is 0 Å². The predicted octanol–water partition coefficient (Wildman–Crippen LogP) is 4.80. The molecule has 0 spiro atoms. The van der Waals surface area contributed by atoms with Gasteiger partial charge in [0.05, 0.1) is 17.4 Å². The number of nitrogens with one attached hydrogen (secondary N) is 1. The molecule has 2 aromatic carbocycles. The summed E-state index contributed by atoms with van der Waals surface area (Å²) in [6, 6.07) is 14.0. The van der Waals surface area contributed by atoms with Crippen LogP contribution in [-0.2, 0) is 9.53 Å². The van der Waals surface area contributed by atoms with E-state index >= 15 is 0 Å². The van der Waals surface area contributed by atoms with Crippen LogP contribution in [0, 0.1) is 0 Å². The molecule has 150 valence electrons. The van der Waals surface area contributed by atoms with Crippen molar-refractivity contribution in [2.45, 2.75) is 25.2 Å². The van der Waals surface area contributed by atoms with Crippen molar-refractivity contribution in [1.29, 1.82) is 0 Å². The molecule has 9 heteroatoms. The van der Waals surface area contributed by atoms with Gasteiger partial charge in [-0.3, -0.25) is 4.79 Å². The van der Waals surface area contributed by atoms with Gasteiger partial charge < -0.3 is 14.5 Å². The van der Waals surface area contributed by atoms with Crippen LogP contribution < -0.4 is 5.32 Å². The van der Waals surface area contributed by atoms with Crippen LogP contribution >= 0.6 is 27.7 Å². The Hall–Kier alpha value is -2.65. The molecule has 1 amide bonds. The van der Waals surface area contributed by atoms with E-state index in [-0.39, 0.29) is 17.8 Å². The number of carbonyl (C=O) groups is 2. The Labute approximate surface area is 180 Å². The molecule has 0 aliphatic carbocycles. The fraction of sp³-hybridized carbons (Fsp3) is 0.200. The van der Waals surface area contributed by atoms with Crippen molar-refractivity contribution in [2.75, 3.05) is 11.1 Å². The van der Waals surface area contributed by atoms with Gasteiger partial charge >= 0.3 is 5.97 Å². The standard InChI is InChI=1S/C20H18BrN3O4S/c1-12(2)27-19(26)13-6-8-16(9-7-13)22-17(25)11-29-20-24-23-18(28-20)14-4-3-5-15(21)10-14/h3-10,12H,11H2,1-2H3,(H,22,25). The predicted molar refractivity (Wildman–Crippen MR) is 114 cm³/mol. The zero-order chi connectivity index (χ0) is 20.8. The monoisotopic (exact) mass is 475 g/mol. The van der Waals surface area contributed by atoms with Gasteiger partial charge in [0.2, 0.25) is 11.8 Å². The Morgan fingerprint density at radius 2 is 1.93 bits per heavy atom. The second-order valence-electron chi connectivity index (χ2n) is 6.25. The first-order valence-electron chi connectivity index (χ1n) is 8.74. The first kappa shape index (κ1) is 21.1. The lowest BCUT2D eigenvalue weighted by Crippen LogP contribution is -2.14. The Balaban J connectivity index is 1.52. The van der Waals surface area contributed by atoms with Crippen molar-refractivity contribution in [3.05, 3.63) is 58.6 Å². The minimum Gasteiger partial charge on any atom is -0.459 e. The summed E-state index contributed by atoms with van der Waals surface area (Å²) in [5.74, 6) is -0.129. The molecule has 0 saturated heterocycles. The van der Waals surface area contributed by atoms with Crippen LogP contribution in [0.2, 0.25) is 0 Å². The maximum atomic E-state index is 12.2. The molecule has 0 fully saturated rings. The van der Waals surface area contributed by atoms with E-state index in [9.17, 15) is 9.59 Å². The van der Waals surface area contributed by atoms with Crippen LogP contribution in [0.1, 0.15) is 24.2 Å². The number of rotatable bonds is 7. The fourth-order valence-electron chi connectivity index (χ4n) is 2.30. The molecule has 0 atom stereocenters. The van der Waals surface area contributed by atoms with Crippen LogP contribution in [-0.4, -0.2) is 33.9 Å². The summed E-state index contributed by atoms with van der Waals surface area (Å²) in [5.41, 5.74) is 1.80. The van der Waals surface area contributed by atoms with Gasteiger partial charge in [0, 0.05) is 15.7 Å². The second-order valence-corrected chi connectivity index (χ2v) is 8.09. The van der Waals surface area contributed by atoms with Crippen molar-refractivity contribution in [2.24, 2.45) is 0 Å². The smallest absolute Gasteiger partial charge is 0.338 e. The van der Waals surface area contributed by atoms with E-state index in [4.69, 9.17) is 9.15 Å². The summed E-state index contributed by atoms with van der Waals surface area (Å²) in [7, 11) is 0. The zero-order valence-corrected chi connectivity index (χ0v) is 18.1. The lowest BCUT2D eigenvalue weighted by molar-refractivity contribution is -0.113. The first-order valence-corrected chi connectivity index (χ1v) is 10.5. The Bertz CT molecular complexity index is 1000. The SMILES string of the molecule is CC(C)OC(=O)c1ccc(NC(=O)CSc2nnc(-c3cccc(Br)c3)o2)cc1. The highest BCUT2D eigenvalue weighted by Gasteiger charge is 2.13. The van der Waals surface area contributed by atoms with Crippen LogP contribution in [0.4, 0.5) is 5.69 Å². The van der Waals surface area contributed by atoms with E-state index in [1.165, 1.54) is 0 Å². The van der Waals surface area contributed by atoms with Crippen molar-refractivity contribution in [3.63, 3.8) is 0 Å². The molecular weight excluding hydrogens is 458 g/mol. The Morgan fingerprint density at radius 3 is 2.62 bits per heavy atom. The number of nitrogens with zero attached hydrogens (tertiary/aromatic N) is 2. The minimum absolute atomic E-state index is 0.108. The van der Waals surface area contributed by atoms with Crippen LogP contribution in [0.3, 0.4) is 0 Å². The fourth-order valence-corrected chi connectivity index (χ4v) is 3.26. The second kappa shape index (κ2) is 9.71. The third kappa shape index (κ3) is 6.16. The molecule has 1 N–H and O–H groups in total. The Morgan fingerprint density at radius 1 is 1.17 bits per heavy atom. The van der Waals surface area contributed by atoms with Crippen LogP contribution in [0.15, 0.2) is 62.6 Å². The maximum absolute atomic E-state index is 12.2. The number of aromatic nitrogens is 2. The van der Waals surface area contributed by atoms with Crippen molar-refractivity contribution in [1.82, 2.24) is 10.2 Å². The van der Waals surface area contributed by atoms with E-state index in [0.29, 0.717) is 22.4 Å². The summed E-state index contributed by atoms with van der Waals surface area (Å²) < 4.78 is 11.6. The lowest BCUT2D eigenvalue weighted by Gasteiger charge is -2.08. The number of benzene rings is 2. The topological polar surface area (TPSA) is 94.3 Å². The van der Waals surface area contributed by atoms with E-state index in [0.717, 1.165) is 21.8 Å². The number of hydrogen-bond acceptors (Lipinski definition) is 7. The van der Waals surface area contributed by atoms with Crippen LogP contribution in [0.25, 0.3) is 11.5 Å². The molecule has 0 aliphatic rings. The normalized spacial score (nSPS) is 10.8. The van der Waals surface area contributed by atoms with Crippen LogP contribution in [0.5, 0.6) is 0 Å². The molecule has 1 heterocycles. The summed E-state index contributed by atoms with van der Waals surface area (Å²) in [5, 5.41) is 11.0. The molecule has 7 nitrogen and oxygen atoms in total. The van der Waals surface area contributed by atoms with Gasteiger partial charge in [-0.2, -0.15) is 0 Å². The number of halogens is 1. The van der Waals surface area contributed by atoms with Crippen molar-refractivity contribution in [3.8, 4) is 11.5 Å². The summed E-state index contributed by atoms with van der Waals surface area (Å²) in [4.78, 5) is 24.0. The molecular formula is C20H18BrN3O4S. The molecule has 0 radical (unpaired) electrons. The van der Waals surface area contributed by atoms with Gasteiger partial charge in [-0.05, 0) is 56.3 Å². The van der Waals surface area contributed by atoms with E-state index in [2.05, 4.69) is 31.4 Å². The number of thioether (sulfide) groups is 1. The van der Waals surface area contributed by atoms with Crippen molar-refractivity contribution < 1.29 is 18.7 Å². The Kier molecular flexibility index (Phi) is 7.05. The molecule has 0 aliphatic heterocycles. The molecule has 3 rings (SSSR count). The van der Waals surface area contributed by atoms with Gasteiger partial charge in [0.25, 0.3) is 5.22 Å². The quantitative estimate of drug-likeness (QED) is 0.387.